The lowest BCUT2D eigenvalue weighted by Crippen LogP contribution is -2.60. The van der Waals surface area contributed by atoms with Crippen LogP contribution < -0.4 is 9.47 Å². The van der Waals surface area contributed by atoms with E-state index in [1.165, 1.54) is 18.2 Å². The van der Waals surface area contributed by atoms with E-state index in [4.69, 9.17) is 14.2 Å². The number of hydrogen-bond acceptors (Lipinski definition) is 10. The van der Waals surface area contributed by atoms with E-state index in [0.29, 0.717) is 5.56 Å². The van der Waals surface area contributed by atoms with E-state index in [0.717, 1.165) is 6.07 Å². The summed E-state index contributed by atoms with van der Waals surface area (Å²) in [5, 5.41) is 59.0. The molecule has 0 spiro atoms. The maximum Gasteiger partial charge on any atom is 0.229 e. The van der Waals surface area contributed by atoms with E-state index >= 15 is 0 Å². The Hall–Kier alpha value is -2.89. The van der Waals surface area contributed by atoms with Gasteiger partial charge in [-0.1, -0.05) is 12.1 Å². The van der Waals surface area contributed by atoms with Gasteiger partial charge in [-0.05, 0) is 17.7 Å². The maximum atomic E-state index is 12.6. The lowest BCUT2D eigenvalue weighted by molar-refractivity contribution is -0.277. The van der Waals surface area contributed by atoms with Gasteiger partial charge in [-0.25, -0.2) is 0 Å². The average molecular weight is 434 g/mol. The molecular formula is C21H22O10. The Bertz CT molecular complexity index is 957. The highest BCUT2D eigenvalue weighted by Crippen LogP contribution is 2.42. The number of ketones is 1. The number of phenolic OH excluding ortho intramolecular Hbond substituents is 2. The molecule has 2 aromatic rings. The minimum Gasteiger partial charge on any atom is -0.508 e. The normalized spacial score (nSPS) is 30.4. The highest BCUT2D eigenvalue weighted by molar-refractivity contribution is 6.02. The van der Waals surface area contributed by atoms with E-state index in [-0.39, 0.29) is 35.0 Å². The van der Waals surface area contributed by atoms with Gasteiger partial charge in [-0.2, -0.15) is 0 Å². The van der Waals surface area contributed by atoms with Gasteiger partial charge < -0.3 is 44.8 Å². The molecule has 4 rings (SSSR count). The predicted molar refractivity (Wildman–Crippen MR) is 103 cm³/mol. The molecular weight excluding hydrogens is 412 g/mol. The van der Waals surface area contributed by atoms with E-state index < -0.39 is 49.2 Å². The molecule has 0 aliphatic carbocycles. The molecule has 0 bridgehead atoms. The molecule has 0 saturated carbocycles. The molecule has 10 heteroatoms. The van der Waals surface area contributed by atoms with Gasteiger partial charge in [0.2, 0.25) is 6.29 Å². The summed E-state index contributed by atoms with van der Waals surface area (Å²) in [5.41, 5.74) is 0.632. The van der Waals surface area contributed by atoms with Crippen LogP contribution in [-0.4, -0.2) is 73.7 Å². The van der Waals surface area contributed by atoms with Crippen LogP contribution in [0.1, 0.15) is 28.4 Å². The number of carbonyl (C=O) groups is 1. The van der Waals surface area contributed by atoms with Crippen LogP contribution in [0.2, 0.25) is 0 Å². The van der Waals surface area contributed by atoms with Crippen LogP contribution in [0.3, 0.4) is 0 Å². The second kappa shape index (κ2) is 8.33. The molecule has 1 saturated heterocycles. The van der Waals surface area contributed by atoms with Crippen LogP contribution in [0.15, 0.2) is 36.4 Å². The van der Waals surface area contributed by atoms with E-state index in [1.807, 2.05) is 0 Å². The minimum absolute atomic E-state index is 0.0156. The van der Waals surface area contributed by atoms with Crippen molar-refractivity contribution in [1.29, 1.82) is 0 Å². The third-order valence-corrected chi connectivity index (χ3v) is 5.34. The van der Waals surface area contributed by atoms with E-state index in [9.17, 15) is 35.4 Å². The number of ether oxygens (including phenoxy) is 3. The minimum atomic E-state index is -1.64. The number of phenols is 2. The largest absolute Gasteiger partial charge is 0.508 e. The number of aliphatic hydroxyl groups is 4. The van der Waals surface area contributed by atoms with Gasteiger partial charge in [0, 0.05) is 12.1 Å². The Morgan fingerprint density at radius 1 is 1.00 bits per heavy atom. The molecule has 0 aromatic heterocycles. The third kappa shape index (κ3) is 4.03. The molecule has 6 atom stereocenters. The van der Waals surface area contributed by atoms with Crippen molar-refractivity contribution in [3.63, 3.8) is 0 Å². The van der Waals surface area contributed by atoms with Gasteiger partial charge in [-0.3, -0.25) is 4.79 Å². The number of benzene rings is 2. The fourth-order valence-corrected chi connectivity index (χ4v) is 3.66. The van der Waals surface area contributed by atoms with Crippen LogP contribution in [0.5, 0.6) is 23.0 Å². The van der Waals surface area contributed by atoms with Gasteiger partial charge in [0.05, 0.1) is 13.0 Å². The highest BCUT2D eigenvalue weighted by atomic mass is 16.7. The zero-order chi connectivity index (χ0) is 22.3. The fraction of sp³-hybridized carbons (Fsp3) is 0.381. The second-order valence-electron chi connectivity index (χ2n) is 7.46. The third-order valence-electron chi connectivity index (χ3n) is 5.34. The Morgan fingerprint density at radius 3 is 2.39 bits per heavy atom. The first-order valence-electron chi connectivity index (χ1n) is 9.61. The number of aromatic hydroxyl groups is 2. The first kappa shape index (κ1) is 21.3. The Balaban J connectivity index is 1.59. The number of aliphatic hydroxyl groups excluding tert-OH is 4. The Morgan fingerprint density at radius 2 is 1.71 bits per heavy atom. The quantitative estimate of drug-likeness (QED) is 0.385. The fourth-order valence-electron chi connectivity index (χ4n) is 3.66. The molecule has 2 heterocycles. The van der Waals surface area contributed by atoms with Crippen LogP contribution in [0, 0.1) is 0 Å². The summed E-state index contributed by atoms with van der Waals surface area (Å²) < 4.78 is 16.7. The number of fused-ring (bicyclic) bond motifs is 1. The van der Waals surface area contributed by atoms with Crippen LogP contribution in [0.25, 0.3) is 0 Å². The predicted octanol–water partition coefficient (Wildman–Crippen LogP) is -0.0170. The first-order chi connectivity index (χ1) is 14.8. The summed E-state index contributed by atoms with van der Waals surface area (Å²) in [6.07, 6.45) is -8.09. The van der Waals surface area contributed by atoms with Gasteiger partial charge in [0.15, 0.2) is 5.78 Å². The molecule has 2 aliphatic rings. The van der Waals surface area contributed by atoms with Crippen molar-refractivity contribution in [3.8, 4) is 23.0 Å². The van der Waals surface area contributed by atoms with Crippen molar-refractivity contribution in [1.82, 2.24) is 0 Å². The lowest BCUT2D eigenvalue weighted by atomic mass is 9.95. The van der Waals surface area contributed by atoms with Gasteiger partial charge in [0.25, 0.3) is 0 Å². The number of Topliss-reactive ketones (excluding diaryl/α,β-unsaturated/α-hetero) is 1. The van der Waals surface area contributed by atoms with Crippen molar-refractivity contribution in [2.24, 2.45) is 0 Å². The standard InChI is InChI=1S/C21H22O10/c22-8-16-18(26)19(27)20(28)21(31-16)29-11-5-12(24)17-13(25)7-14(30-15(17)6-11)9-1-3-10(23)4-2-9/h1-6,14,16,18-24,26-28H,7-8H2/t14-,16+,18+,19-,20+,21+/m0/s1. The molecule has 0 radical (unpaired) electrons. The molecule has 2 aromatic carbocycles. The van der Waals surface area contributed by atoms with Crippen molar-refractivity contribution >= 4 is 5.78 Å². The smallest absolute Gasteiger partial charge is 0.229 e. The zero-order valence-electron chi connectivity index (χ0n) is 16.2. The second-order valence-corrected chi connectivity index (χ2v) is 7.46. The molecule has 31 heavy (non-hydrogen) atoms. The van der Waals surface area contributed by atoms with Gasteiger partial charge in [-0.15, -0.1) is 0 Å². The SMILES string of the molecule is O=C1C[C@@H](c2ccc(O)cc2)Oc2cc(O[C@@H]3O[C@H](CO)[C@@H](O)[C@H](O)[C@H]3O)cc(O)c21. The molecule has 10 nitrogen and oxygen atoms in total. The molecule has 0 unspecified atom stereocenters. The summed E-state index contributed by atoms with van der Waals surface area (Å²) in [6, 6.07) is 8.64. The summed E-state index contributed by atoms with van der Waals surface area (Å²) in [6.45, 7) is -0.619. The van der Waals surface area contributed by atoms with E-state index in [1.54, 1.807) is 12.1 Å². The summed E-state index contributed by atoms with van der Waals surface area (Å²) in [7, 11) is 0. The Kier molecular flexibility index (Phi) is 5.73. The van der Waals surface area contributed by atoms with Gasteiger partial charge >= 0.3 is 0 Å². The average Bonchev–Trinajstić information content (AvgIpc) is 2.74. The maximum absolute atomic E-state index is 12.6. The van der Waals surface area contributed by atoms with Crippen molar-refractivity contribution in [2.75, 3.05) is 6.61 Å². The molecule has 0 amide bonds. The van der Waals surface area contributed by atoms with E-state index in [2.05, 4.69) is 0 Å². The lowest BCUT2D eigenvalue weighted by Gasteiger charge is -2.39. The molecule has 2 aliphatic heterocycles. The number of rotatable bonds is 4. The van der Waals surface area contributed by atoms with Crippen molar-refractivity contribution in [2.45, 2.75) is 43.2 Å². The van der Waals surface area contributed by atoms with Crippen molar-refractivity contribution in [3.05, 3.63) is 47.5 Å². The Labute approximate surface area is 176 Å². The summed E-state index contributed by atoms with van der Waals surface area (Å²) in [4.78, 5) is 12.6. The number of carbonyl (C=O) groups excluding carboxylic acids is 1. The molecule has 6 N–H and O–H groups in total. The summed E-state index contributed by atoms with van der Waals surface area (Å²) in [5.74, 6) is -0.657. The molecule has 166 valence electrons. The van der Waals surface area contributed by atoms with Gasteiger partial charge in [0.1, 0.15) is 59.1 Å². The number of hydrogen-bond donors (Lipinski definition) is 6. The monoisotopic (exact) mass is 434 g/mol. The zero-order valence-corrected chi connectivity index (χ0v) is 16.2. The molecule has 1 fully saturated rings. The topological polar surface area (TPSA) is 166 Å². The summed E-state index contributed by atoms with van der Waals surface area (Å²) >= 11 is 0. The van der Waals surface area contributed by atoms with Crippen molar-refractivity contribution < 1.29 is 49.6 Å². The van der Waals surface area contributed by atoms with Crippen LogP contribution in [0.4, 0.5) is 0 Å². The van der Waals surface area contributed by atoms with Crippen LogP contribution in [-0.2, 0) is 4.74 Å². The highest BCUT2D eigenvalue weighted by Gasteiger charge is 2.45. The first-order valence-corrected chi connectivity index (χ1v) is 9.61. The van der Waals surface area contributed by atoms with Crippen LogP contribution >= 0.6 is 0 Å².